The van der Waals surface area contributed by atoms with Gasteiger partial charge in [-0.2, -0.15) is 11.8 Å². The molecule has 1 aliphatic rings. The number of amides is 1. The first-order valence-electron chi connectivity index (χ1n) is 6.22. The van der Waals surface area contributed by atoms with Gasteiger partial charge in [-0.05, 0) is 19.3 Å². The van der Waals surface area contributed by atoms with Gasteiger partial charge in [-0.25, -0.2) is 0 Å². The highest BCUT2D eigenvalue weighted by atomic mass is 32.2. The van der Waals surface area contributed by atoms with E-state index in [4.69, 9.17) is 0 Å². The van der Waals surface area contributed by atoms with Crippen LogP contribution in [0.5, 0.6) is 0 Å². The van der Waals surface area contributed by atoms with Gasteiger partial charge in [0.1, 0.15) is 0 Å². The topological polar surface area (TPSA) is 61.4 Å². The third-order valence-electron chi connectivity index (χ3n) is 2.73. The van der Waals surface area contributed by atoms with Gasteiger partial charge in [0.15, 0.2) is 0 Å². The van der Waals surface area contributed by atoms with Crippen LogP contribution in [0.2, 0.25) is 0 Å². The number of nitrogens with one attached hydrogen (secondary N) is 2. The molecule has 0 spiro atoms. The Morgan fingerprint density at radius 1 is 1.65 bits per heavy atom. The molecule has 5 heteroatoms. The summed E-state index contributed by atoms with van der Waals surface area (Å²) in [6.07, 6.45) is 0.695. The molecule has 17 heavy (non-hydrogen) atoms. The third kappa shape index (κ3) is 5.75. The van der Waals surface area contributed by atoms with Gasteiger partial charge >= 0.3 is 0 Å². The summed E-state index contributed by atoms with van der Waals surface area (Å²) in [4.78, 5) is 11.8. The summed E-state index contributed by atoms with van der Waals surface area (Å²) < 4.78 is 0. The molecule has 0 aromatic rings. The quantitative estimate of drug-likeness (QED) is 0.677. The van der Waals surface area contributed by atoms with E-state index in [0.29, 0.717) is 18.9 Å². The second kappa shape index (κ2) is 6.61. The van der Waals surface area contributed by atoms with Crippen LogP contribution in [0.15, 0.2) is 0 Å². The Kier molecular flexibility index (Phi) is 5.76. The maximum absolute atomic E-state index is 11.8. The Bertz CT molecular complexity index is 251. The van der Waals surface area contributed by atoms with Crippen LogP contribution in [0.4, 0.5) is 0 Å². The van der Waals surface area contributed by atoms with Gasteiger partial charge in [0, 0.05) is 24.6 Å². The minimum atomic E-state index is -0.814. The van der Waals surface area contributed by atoms with Gasteiger partial charge in [0.2, 0.25) is 5.91 Å². The molecule has 100 valence electrons. The van der Waals surface area contributed by atoms with E-state index < -0.39 is 5.60 Å². The van der Waals surface area contributed by atoms with Crippen LogP contribution < -0.4 is 10.6 Å². The Labute approximate surface area is 108 Å². The molecule has 0 radical (unpaired) electrons. The van der Waals surface area contributed by atoms with Crippen LogP contribution in [0.3, 0.4) is 0 Å². The molecule has 2 unspecified atom stereocenters. The maximum atomic E-state index is 11.8. The summed E-state index contributed by atoms with van der Waals surface area (Å²) in [5.74, 6) is 2.30. The maximum Gasteiger partial charge on any atom is 0.238 e. The molecule has 3 N–H and O–H groups in total. The SMILES string of the molecule is CC(C)CC(C)(O)CNC(=O)C1CSCCN1. The molecular weight excluding hydrogens is 236 g/mol. The smallest absolute Gasteiger partial charge is 0.238 e. The molecule has 0 aliphatic carbocycles. The predicted octanol–water partition coefficient (Wildman–Crippen LogP) is 0.605. The minimum Gasteiger partial charge on any atom is -0.388 e. The van der Waals surface area contributed by atoms with Gasteiger partial charge in [0.05, 0.1) is 11.6 Å². The molecule has 1 amide bonds. The monoisotopic (exact) mass is 260 g/mol. The van der Waals surface area contributed by atoms with E-state index in [2.05, 4.69) is 24.5 Å². The van der Waals surface area contributed by atoms with E-state index in [0.717, 1.165) is 18.1 Å². The lowest BCUT2D eigenvalue weighted by molar-refractivity contribution is -0.123. The van der Waals surface area contributed by atoms with E-state index in [1.54, 1.807) is 18.7 Å². The summed E-state index contributed by atoms with van der Waals surface area (Å²) in [5.41, 5.74) is -0.814. The van der Waals surface area contributed by atoms with E-state index in [1.807, 2.05) is 0 Å². The van der Waals surface area contributed by atoms with Crippen LogP contribution in [0.25, 0.3) is 0 Å². The zero-order chi connectivity index (χ0) is 12.9. The largest absolute Gasteiger partial charge is 0.388 e. The summed E-state index contributed by atoms with van der Waals surface area (Å²) in [5, 5.41) is 16.1. The Morgan fingerprint density at radius 2 is 2.35 bits per heavy atom. The normalized spacial score (nSPS) is 24.4. The molecule has 2 atom stereocenters. The van der Waals surface area contributed by atoms with Crippen molar-refractivity contribution >= 4 is 17.7 Å². The first-order chi connectivity index (χ1) is 7.91. The van der Waals surface area contributed by atoms with Crippen LogP contribution in [0, 0.1) is 5.92 Å². The molecule has 1 rings (SSSR count). The van der Waals surface area contributed by atoms with Crippen molar-refractivity contribution in [2.75, 3.05) is 24.6 Å². The predicted molar refractivity (Wildman–Crippen MR) is 72.2 cm³/mol. The van der Waals surface area contributed by atoms with Gasteiger partial charge in [-0.1, -0.05) is 13.8 Å². The molecular formula is C12H24N2O2S. The molecule has 0 bridgehead atoms. The number of thioether (sulfide) groups is 1. The number of hydrogen-bond donors (Lipinski definition) is 3. The van der Waals surface area contributed by atoms with Crippen molar-refractivity contribution in [1.82, 2.24) is 10.6 Å². The Balaban J connectivity index is 2.31. The molecule has 0 aromatic heterocycles. The number of carbonyl (C=O) groups excluding carboxylic acids is 1. The summed E-state index contributed by atoms with van der Waals surface area (Å²) in [6.45, 7) is 7.11. The molecule has 4 nitrogen and oxygen atoms in total. The zero-order valence-corrected chi connectivity index (χ0v) is 11.8. The fourth-order valence-electron chi connectivity index (χ4n) is 2.09. The van der Waals surface area contributed by atoms with Crippen molar-refractivity contribution in [3.8, 4) is 0 Å². The van der Waals surface area contributed by atoms with Crippen LogP contribution in [0.1, 0.15) is 27.2 Å². The standard InChI is InChI=1S/C12H24N2O2S/c1-9(2)6-12(3,16)8-14-11(15)10-7-17-5-4-13-10/h9-10,13,16H,4-8H2,1-3H3,(H,14,15). The van der Waals surface area contributed by atoms with Crippen molar-refractivity contribution < 1.29 is 9.90 Å². The number of carbonyl (C=O) groups is 1. The van der Waals surface area contributed by atoms with E-state index >= 15 is 0 Å². The van der Waals surface area contributed by atoms with E-state index in [1.165, 1.54) is 0 Å². The molecule has 0 aromatic carbocycles. The molecule has 1 fully saturated rings. The third-order valence-corrected chi connectivity index (χ3v) is 3.79. The minimum absolute atomic E-state index is 0.00114. The van der Waals surface area contributed by atoms with E-state index in [9.17, 15) is 9.90 Å². The molecule has 1 aliphatic heterocycles. The average molecular weight is 260 g/mol. The fraction of sp³-hybridized carbons (Fsp3) is 0.917. The zero-order valence-electron chi connectivity index (χ0n) is 11.0. The number of rotatable bonds is 5. The lowest BCUT2D eigenvalue weighted by Gasteiger charge is -2.28. The second-order valence-electron chi connectivity index (χ2n) is 5.39. The fourth-order valence-corrected chi connectivity index (χ4v) is 3.02. The second-order valence-corrected chi connectivity index (χ2v) is 6.54. The van der Waals surface area contributed by atoms with Crippen molar-refractivity contribution in [2.24, 2.45) is 5.92 Å². The van der Waals surface area contributed by atoms with Crippen LogP contribution in [-0.4, -0.2) is 47.3 Å². The first kappa shape index (κ1) is 14.8. The highest BCUT2D eigenvalue weighted by Crippen LogP contribution is 2.15. The summed E-state index contributed by atoms with van der Waals surface area (Å²) >= 11 is 1.79. The van der Waals surface area contributed by atoms with Gasteiger partial charge < -0.3 is 15.7 Å². The Hall–Kier alpha value is -0.260. The van der Waals surface area contributed by atoms with Crippen molar-refractivity contribution in [3.63, 3.8) is 0 Å². The van der Waals surface area contributed by atoms with Crippen molar-refractivity contribution in [1.29, 1.82) is 0 Å². The molecule has 0 saturated carbocycles. The van der Waals surface area contributed by atoms with Gasteiger partial charge in [0.25, 0.3) is 0 Å². The van der Waals surface area contributed by atoms with E-state index in [-0.39, 0.29) is 11.9 Å². The first-order valence-corrected chi connectivity index (χ1v) is 7.37. The highest BCUT2D eigenvalue weighted by molar-refractivity contribution is 7.99. The lowest BCUT2D eigenvalue weighted by Crippen LogP contribution is -2.52. The summed E-state index contributed by atoms with van der Waals surface area (Å²) in [6, 6.07) is -0.108. The highest BCUT2D eigenvalue weighted by Gasteiger charge is 2.25. The molecule has 1 saturated heterocycles. The number of hydrogen-bond acceptors (Lipinski definition) is 4. The Morgan fingerprint density at radius 3 is 2.88 bits per heavy atom. The molecule has 1 heterocycles. The average Bonchev–Trinajstić information content (AvgIpc) is 2.25. The van der Waals surface area contributed by atoms with Gasteiger partial charge in [-0.15, -0.1) is 0 Å². The van der Waals surface area contributed by atoms with Crippen molar-refractivity contribution in [3.05, 3.63) is 0 Å². The summed E-state index contributed by atoms with van der Waals surface area (Å²) in [7, 11) is 0. The lowest BCUT2D eigenvalue weighted by atomic mass is 9.94. The van der Waals surface area contributed by atoms with Crippen LogP contribution in [-0.2, 0) is 4.79 Å². The van der Waals surface area contributed by atoms with Crippen molar-refractivity contribution in [2.45, 2.75) is 38.8 Å². The van der Waals surface area contributed by atoms with Gasteiger partial charge in [-0.3, -0.25) is 4.79 Å². The number of aliphatic hydroxyl groups is 1. The van der Waals surface area contributed by atoms with Crippen LogP contribution >= 0.6 is 11.8 Å².